The van der Waals surface area contributed by atoms with Crippen LogP contribution in [0.15, 0.2) is 43.1 Å². The number of aromatic nitrogens is 2. The number of fused-ring (bicyclic) bond motifs is 1. The Kier molecular flexibility index (Phi) is 5.94. The van der Waals surface area contributed by atoms with Crippen LogP contribution in [0.25, 0.3) is 11.0 Å². The van der Waals surface area contributed by atoms with Crippen molar-refractivity contribution in [2.24, 2.45) is 0 Å². The molecular weight excluding hydrogens is 382 g/mol. The zero-order valence-corrected chi connectivity index (χ0v) is 16.4. The molecule has 1 aliphatic heterocycles. The number of nitrogens with zero attached hydrogens (tertiary/aromatic N) is 3. The summed E-state index contributed by atoms with van der Waals surface area (Å²) in [6.45, 7) is 6.51. The summed E-state index contributed by atoms with van der Waals surface area (Å²) in [5.41, 5.74) is 0.985. The standard InChI is InChI=1S/C19H21N3O5S/c1-13-10-18(23)26-16-11-14(2-3-15(13)16)25-12-17-20-21-19(27-17)28-9-6-22-4-7-24-8-5-22/h2-3,10-11H,4-9,12H2,1H3. The van der Waals surface area contributed by atoms with Gasteiger partial charge < -0.3 is 18.3 Å². The lowest BCUT2D eigenvalue weighted by atomic mass is 10.1. The van der Waals surface area contributed by atoms with Crippen molar-refractivity contribution >= 4 is 22.7 Å². The topological polar surface area (TPSA) is 90.8 Å². The van der Waals surface area contributed by atoms with Gasteiger partial charge in [-0.25, -0.2) is 4.79 Å². The smallest absolute Gasteiger partial charge is 0.336 e. The molecule has 9 heteroatoms. The zero-order chi connectivity index (χ0) is 19.3. The van der Waals surface area contributed by atoms with Crippen LogP contribution in [0.5, 0.6) is 5.75 Å². The van der Waals surface area contributed by atoms with Crippen LogP contribution >= 0.6 is 11.8 Å². The van der Waals surface area contributed by atoms with E-state index >= 15 is 0 Å². The van der Waals surface area contributed by atoms with Crippen molar-refractivity contribution in [3.8, 4) is 5.75 Å². The Balaban J connectivity index is 1.30. The summed E-state index contributed by atoms with van der Waals surface area (Å²) in [7, 11) is 0. The van der Waals surface area contributed by atoms with Gasteiger partial charge >= 0.3 is 5.63 Å². The molecule has 3 heterocycles. The van der Waals surface area contributed by atoms with Crippen LogP contribution in [-0.4, -0.2) is 53.7 Å². The van der Waals surface area contributed by atoms with E-state index in [4.69, 9.17) is 18.3 Å². The van der Waals surface area contributed by atoms with Gasteiger partial charge in [0.15, 0.2) is 6.61 Å². The molecule has 0 unspecified atom stereocenters. The van der Waals surface area contributed by atoms with Crippen LogP contribution in [0, 0.1) is 6.92 Å². The first-order valence-electron chi connectivity index (χ1n) is 9.10. The summed E-state index contributed by atoms with van der Waals surface area (Å²) in [6, 6.07) is 6.85. The van der Waals surface area contributed by atoms with Crippen molar-refractivity contribution in [3.63, 3.8) is 0 Å². The number of hydrogen-bond acceptors (Lipinski definition) is 9. The molecule has 0 spiro atoms. The van der Waals surface area contributed by atoms with E-state index in [9.17, 15) is 4.79 Å². The molecule has 0 radical (unpaired) electrons. The van der Waals surface area contributed by atoms with Crippen LogP contribution in [0.2, 0.25) is 0 Å². The number of rotatable bonds is 7. The average molecular weight is 403 g/mol. The second-order valence-corrected chi connectivity index (χ2v) is 7.51. The summed E-state index contributed by atoms with van der Waals surface area (Å²) >= 11 is 1.53. The Hall–Kier alpha value is -2.36. The Morgan fingerprint density at radius 2 is 2.04 bits per heavy atom. The van der Waals surface area contributed by atoms with Crippen molar-refractivity contribution in [2.45, 2.75) is 18.8 Å². The second-order valence-electron chi connectivity index (χ2n) is 6.46. The molecule has 8 nitrogen and oxygen atoms in total. The van der Waals surface area contributed by atoms with Crippen molar-refractivity contribution < 1.29 is 18.3 Å². The van der Waals surface area contributed by atoms with E-state index in [1.165, 1.54) is 17.8 Å². The highest BCUT2D eigenvalue weighted by Gasteiger charge is 2.12. The molecule has 2 aromatic heterocycles. The summed E-state index contributed by atoms with van der Waals surface area (Å²) in [5, 5.41) is 9.48. The van der Waals surface area contributed by atoms with Crippen LogP contribution in [0.1, 0.15) is 11.5 Å². The zero-order valence-electron chi connectivity index (χ0n) is 15.6. The highest BCUT2D eigenvalue weighted by atomic mass is 32.2. The predicted molar refractivity (Wildman–Crippen MR) is 104 cm³/mol. The summed E-state index contributed by atoms with van der Waals surface area (Å²) in [4.78, 5) is 13.9. The van der Waals surface area contributed by atoms with Gasteiger partial charge in [-0.3, -0.25) is 4.90 Å². The third-order valence-electron chi connectivity index (χ3n) is 4.47. The summed E-state index contributed by atoms with van der Waals surface area (Å²) < 4.78 is 21.9. The fourth-order valence-electron chi connectivity index (χ4n) is 2.98. The molecule has 0 amide bonds. The van der Waals surface area contributed by atoms with Gasteiger partial charge in [0.2, 0.25) is 0 Å². The van der Waals surface area contributed by atoms with Gasteiger partial charge in [-0.15, -0.1) is 10.2 Å². The van der Waals surface area contributed by atoms with Crippen LogP contribution in [0.3, 0.4) is 0 Å². The van der Waals surface area contributed by atoms with Gasteiger partial charge in [-0.05, 0) is 24.6 Å². The van der Waals surface area contributed by atoms with Gasteiger partial charge in [0, 0.05) is 42.9 Å². The minimum Gasteiger partial charge on any atom is -0.484 e. The Bertz CT molecular complexity index is 997. The lowest BCUT2D eigenvalue weighted by molar-refractivity contribution is 0.0410. The fourth-order valence-corrected chi connectivity index (χ4v) is 3.76. The van der Waals surface area contributed by atoms with Crippen LogP contribution in [0.4, 0.5) is 0 Å². The van der Waals surface area contributed by atoms with E-state index in [0.717, 1.165) is 49.6 Å². The van der Waals surface area contributed by atoms with Gasteiger partial charge in [-0.2, -0.15) is 0 Å². The lowest BCUT2D eigenvalue weighted by Crippen LogP contribution is -2.37. The molecule has 3 aromatic rings. The van der Waals surface area contributed by atoms with Gasteiger partial charge in [0.1, 0.15) is 11.3 Å². The number of ether oxygens (including phenoxy) is 2. The number of benzene rings is 1. The number of hydrogen-bond donors (Lipinski definition) is 0. The van der Waals surface area contributed by atoms with E-state index in [0.29, 0.717) is 22.4 Å². The van der Waals surface area contributed by atoms with E-state index in [-0.39, 0.29) is 12.2 Å². The molecule has 0 bridgehead atoms. The van der Waals surface area contributed by atoms with Crippen LogP contribution in [-0.2, 0) is 11.3 Å². The molecule has 0 saturated carbocycles. The minimum absolute atomic E-state index is 0.151. The van der Waals surface area contributed by atoms with Gasteiger partial charge in [0.25, 0.3) is 11.1 Å². The molecule has 1 saturated heterocycles. The number of morpholine rings is 1. The molecule has 0 aliphatic carbocycles. The van der Waals surface area contributed by atoms with Gasteiger partial charge in [-0.1, -0.05) is 11.8 Å². The first kappa shape index (κ1) is 19.0. The lowest BCUT2D eigenvalue weighted by Gasteiger charge is -2.25. The fraction of sp³-hybridized carbons (Fsp3) is 0.421. The number of thioether (sulfide) groups is 1. The third-order valence-corrected chi connectivity index (χ3v) is 5.27. The molecule has 1 aliphatic rings. The quantitative estimate of drug-likeness (QED) is 0.436. The van der Waals surface area contributed by atoms with Crippen molar-refractivity contribution in [2.75, 3.05) is 38.6 Å². The molecule has 148 valence electrons. The molecule has 0 N–H and O–H groups in total. The first-order chi connectivity index (χ1) is 13.7. The van der Waals surface area contributed by atoms with Crippen molar-refractivity contribution in [1.29, 1.82) is 0 Å². The molecular formula is C19H21N3O5S. The molecule has 28 heavy (non-hydrogen) atoms. The normalized spacial score (nSPS) is 15.2. The van der Waals surface area contributed by atoms with Crippen LogP contribution < -0.4 is 10.4 Å². The molecule has 1 aromatic carbocycles. The Morgan fingerprint density at radius 3 is 2.89 bits per heavy atom. The molecule has 1 fully saturated rings. The maximum absolute atomic E-state index is 11.5. The number of aryl methyl sites for hydroxylation is 1. The SMILES string of the molecule is Cc1cc(=O)oc2cc(OCc3nnc(SCCN4CCOCC4)o3)ccc12. The minimum atomic E-state index is -0.377. The predicted octanol–water partition coefficient (Wildman–Crippen LogP) is 2.49. The van der Waals surface area contributed by atoms with E-state index in [2.05, 4.69) is 15.1 Å². The second kappa shape index (κ2) is 8.76. The van der Waals surface area contributed by atoms with E-state index < -0.39 is 0 Å². The first-order valence-corrected chi connectivity index (χ1v) is 10.1. The highest BCUT2D eigenvalue weighted by molar-refractivity contribution is 7.99. The Morgan fingerprint density at radius 1 is 1.18 bits per heavy atom. The summed E-state index contributed by atoms with van der Waals surface area (Å²) in [6.07, 6.45) is 0. The third kappa shape index (κ3) is 4.73. The maximum atomic E-state index is 11.5. The van der Waals surface area contributed by atoms with Crippen molar-refractivity contribution in [1.82, 2.24) is 15.1 Å². The largest absolute Gasteiger partial charge is 0.484 e. The average Bonchev–Trinajstić information content (AvgIpc) is 3.14. The van der Waals surface area contributed by atoms with Crippen molar-refractivity contribution in [3.05, 3.63) is 46.1 Å². The molecule has 0 atom stereocenters. The summed E-state index contributed by atoms with van der Waals surface area (Å²) in [5.74, 6) is 1.85. The van der Waals surface area contributed by atoms with E-state index in [1.807, 2.05) is 19.1 Å². The highest BCUT2D eigenvalue weighted by Crippen LogP contribution is 2.23. The van der Waals surface area contributed by atoms with E-state index in [1.54, 1.807) is 6.07 Å². The van der Waals surface area contributed by atoms with Gasteiger partial charge in [0.05, 0.1) is 13.2 Å². The monoisotopic (exact) mass is 403 g/mol. The maximum Gasteiger partial charge on any atom is 0.336 e. The molecule has 4 rings (SSSR count). The Labute approximate surface area is 165 Å².